The van der Waals surface area contributed by atoms with Crippen molar-refractivity contribution in [3.8, 4) is 0 Å². The molecule has 0 bridgehead atoms. The molecule has 0 aliphatic carbocycles. The summed E-state index contributed by atoms with van der Waals surface area (Å²) in [6, 6.07) is 3.81. The van der Waals surface area contributed by atoms with Crippen LogP contribution in [0.15, 0.2) is 23.1 Å². The minimum atomic E-state index is -3.76. The van der Waals surface area contributed by atoms with Gasteiger partial charge < -0.3 is 15.0 Å². The lowest BCUT2D eigenvalue weighted by Gasteiger charge is -2.22. The molecule has 172 valence electrons. The van der Waals surface area contributed by atoms with E-state index in [2.05, 4.69) is 5.32 Å². The van der Waals surface area contributed by atoms with E-state index in [4.69, 9.17) is 4.74 Å². The van der Waals surface area contributed by atoms with Crippen LogP contribution in [0.25, 0.3) is 0 Å². The molecule has 1 amide bonds. The Labute approximate surface area is 182 Å². The molecule has 0 saturated carbocycles. The van der Waals surface area contributed by atoms with Crippen LogP contribution in [0.1, 0.15) is 29.6 Å². The first kappa shape index (κ1) is 23.5. The highest BCUT2D eigenvalue weighted by Gasteiger charge is 2.30. The van der Waals surface area contributed by atoms with Crippen LogP contribution in [0, 0.1) is 0 Å². The molecule has 1 atom stereocenters. The Morgan fingerprint density at radius 3 is 2.48 bits per heavy atom. The van der Waals surface area contributed by atoms with Gasteiger partial charge in [0.25, 0.3) is 5.91 Å². The number of amides is 1. The molecule has 10 nitrogen and oxygen atoms in total. The van der Waals surface area contributed by atoms with E-state index in [1.54, 1.807) is 6.07 Å². The van der Waals surface area contributed by atoms with Crippen LogP contribution in [0.2, 0.25) is 0 Å². The van der Waals surface area contributed by atoms with Gasteiger partial charge in [-0.15, -0.1) is 0 Å². The molecule has 3 rings (SSSR count). The molecule has 0 spiro atoms. The molecule has 31 heavy (non-hydrogen) atoms. The van der Waals surface area contributed by atoms with Crippen LogP contribution >= 0.6 is 0 Å². The molecule has 0 radical (unpaired) electrons. The van der Waals surface area contributed by atoms with Crippen molar-refractivity contribution < 1.29 is 31.2 Å². The maximum absolute atomic E-state index is 12.8. The summed E-state index contributed by atoms with van der Waals surface area (Å²) < 4.78 is 54.2. The number of carbonyl (C=O) groups is 2. The van der Waals surface area contributed by atoms with Gasteiger partial charge in [0.15, 0.2) is 16.4 Å². The molecule has 2 fully saturated rings. The van der Waals surface area contributed by atoms with Crippen molar-refractivity contribution >= 4 is 37.4 Å². The third-order valence-electron chi connectivity index (χ3n) is 5.35. The van der Waals surface area contributed by atoms with Crippen LogP contribution in [0.4, 0.5) is 5.69 Å². The standard InChI is InChI=1S/C19H27N3O7S2/c1-21(2)31(27,28)15-5-6-17(22-8-3-4-9-22)16(11-15)19(24)29-12-18(23)20-14-7-10-30(25,26)13-14/h5-6,11,14H,3-4,7-10,12-13H2,1-2H3,(H,20,23)/t14-/m0/s1. The Bertz CT molecular complexity index is 1060. The smallest absolute Gasteiger partial charge is 0.340 e. The quantitative estimate of drug-likeness (QED) is 0.548. The normalized spacial score (nSPS) is 20.7. The highest BCUT2D eigenvalue weighted by molar-refractivity contribution is 7.91. The SMILES string of the molecule is CN(C)S(=O)(=O)c1ccc(N2CCCC2)c(C(=O)OCC(=O)N[C@H]2CCS(=O)(=O)C2)c1. The third-order valence-corrected chi connectivity index (χ3v) is 8.92. The van der Waals surface area contributed by atoms with Gasteiger partial charge in [0.05, 0.1) is 27.7 Å². The van der Waals surface area contributed by atoms with Crippen LogP contribution in [-0.2, 0) is 29.4 Å². The van der Waals surface area contributed by atoms with Crippen molar-refractivity contribution in [3.63, 3.8) is 0 Å². The van der Waals surface area contributed by atoms with Gasteiger partial charge in [-0.2, -0.15) is 0 Å². The third kappa shape index (κ3) is 5.55. The molecule has 2 aliphatic rings. The van der Waals surface area contributed by atoms with Crippen LogP contribution in [-0.4, -0.2) is 84.4 Å². The van der Waals surface area contributed by atoms with Gasteiger partial charge >= 0.3 is 5.97 Å². The van der Waals surface area contributed by atoms with Crippen molar-refractivity contribution in [2.75, 3.05) is 50.2 Å². The van der Waals surface area contributed by atoms with Gasteiger partial charge in [-0.25, -0.2) is 25.9 Å². The summed E-state index contributed by atoms with van der Waals surface area (Å²) in [5, 5.41) is 2.55. The Balaban J connectivity index is 1.75. The lowest BCUT2D eigenvalue weighted by atomic mass is 10.1. The van der Waals surface area contributed by atoms with Gasteiger partial charge in [-0.3, -0.25) is 4.79 Å². The zero-order valence-electron chi connectivity index (χ0n) is 17.5. The summed E-state index contributed by atoms with van der Waals surface area (Å²) in [5.41, 5.74) is 0.628. The van der Waals surface area contributed by atoms with E-state index in [0.29, 0.717) is 12.1 Å². The average Bonchev–Trinajstić information content (AvgIpc) is 3.35. The predicted octanol–water partition coefficient (Wildman–Crippen LogP) is -0.00280. The molecule has 1 N–H and O–H groups in total. The fourth-order valence-corrected chi connectivity index (χ4v) is 6.27. The number of nitrogens with zero attached hydrogens (tertiary/aromatic N) is 2. The van der Waals surface area contributed by atoms with E-state index in [9.17, 15) is 26.4 Å². The molecule has 0 unspecified atom stereocenters. The number of hydrogen-bond donors (Lipinski definition) is 1. The molecular weight excluding hydrogens is 446 g/mol. The average molecular weight is 474 g/mol. The summed E-state index contributed by atoms with van der Waals surface area (Å²) in [4.78, 5) is 26.8. The van der Waals surface area contributed by atoms with Gasteiger partial charge in [0.1, 0.15) is 0 Å². The molecule has 1 aromatic rings. The minimum absolute atomic E-state index is 0.0179. The summed E-state index contributed by atoms with van der Waals surface area (Å²) in [5.74, 6) is -1.53. The van der Waals surface area contributed by atoms with Crippen LogP contribution < -0.4 is 10.2 Å². The summed E-state index contributed by atoms with van der Waals surface area (Å²) in [6.45, 7) is 0.882. The number of ether oxygens (including phenoxy) is 1. The molecule has 12 heteroatoms. The second kappa shape index (κ2) is 9.13. The fraction of sp³-hybridized carbons (Fsp3) is 0.579. The number of benzene rings is 1. The largest absolute Gasteiger partial charge is 0.452 e. The summed E-state index contributed by atoms with van der Waals surface area (Å²) in [7, 11) is -4.11. The Morgan fingerprint density at radius 1 is 1.23 bits per heavy atom. The molecule has 2 heterocycles. The molecule has 1 aromatic carbocycles. The Kier molecular flexibility index (Phi) is 6.92. The van der Waals surface area contributed by atoms with E-state index in [0.717, 1.165) is 30.2 Å². The minimum Gasteiger partial charge on any atom is -0.452 e. The van der Waals surface area contributed by atoms with E-state index >= 15 is 0 Å². The van der Waals surface area contributed by atoms with E-state index in [-0.39, 0.29) is 22.0 Å². The van der Waals surface area contributed by atoms with Gasteiger partial charge in [0, 0.05) is 33.2 Å². The number of esters is 1. The zero-order valence-corrected chi connectivity index (χ0v) is 19.2. The van der Waals surface area contributed by atoms with Crippen molar-refractivity contribution in [1.82, 2.24) is 9.62 Å². The van der Waals surface area contributed by atoms with E-state index in [1.165, 1.54) is 26.2 Å². The van der Waals surface area contributed by atoms with E-state index in [1.807, 2.05) is 4.90 Å². The van der Waals surface area contributed by atoms with Crippen molar-refractivity contribution in [1.29, 1.82) is 0 Å². The van der Waals surface area contributed by atoms with Crippen molar-refractivity contribution in [3.05, 3.63) is 23.8 Å². The van der Waals surface area contributed by atoms with Crippen LogP contribution in [0.3, 0.4) is 0 Å². The number of nitrogens with one attached hydrogen (secondary N) is 1. The summed E-state index contributed by atoms with van der Waals surface area (Å²) in [6.07, 6.45) is 2.24. The topological polar surface area (TPSA) is 130 Å². The zero-order chi connectivity index (χ0) is 22.8. The molecule has 2 saturated heterocycles. The Hall–Kier alpha value is -2.18. The first-order valence-electron chi connectivity index (χ1n) is 9.98. The molecule has 2 aliphatic heterocycles. The highest BCUT2D eigenvalue weighted by Crippen LogP contribution is 2.28. The molecule has 0 aromatic heterocycles. The first-order chi connectivity index (χ1) is 14.5. The van der Waals surface area contributed by atoms with Gasteiger partial charge in [-0.1, -0.05) is 0 Å². The Morgan fingerprint density at radius 2 is 1.90 bits per heavy atom. The maximum Gasteiger partial charge on any atom is 0.340 e. The number of carbonyl (C=O) groups excluding carboxylic acids is 2. The number of hydrogen-bond acceptors (Lipinski definition) is 8. The second-order valence-corrected chi connectivity index (χ2v) is 12.3. The molecular formula is C19H27N3O7S2. The van der Waals surface area contributed by atoms with E-state index < -0.39 is 44.4 Å². The van der Waals surface area contributed by atoms with Crippen molar-refractivity contribution in [2.45, 2.75) is 30.2 Å². The maximum atomic E-state index is 12.8. The first-order valence-corrected chi connectivity index (χ1v) is 13.2. The predicted molar refractivity (Wildman–Crippen MR) is 114 cm³/mol. The van der Waals surface area contributed by atoms with Gasteiger partial charge in [0.2, 0.25) is 10.0 Å². The highest BCUT2D eigenvalue weighted by atomic mass is 32.2. The number of sulfonamides is 1. The second-order valence-electron chi connectivity index (χ2n) is 7.90. The number of rotatable bonds is 7. The number of sulfone groups is 1. The lowest BCUT2D eigenvalue weighted by Crippen LogP contribution is -2.38. The van der Waals surface area contributed by atoms with Crippen molar-refractivity contribution in [2.24, 2.45) is 0 Å². The lowest BCUT2D eigenvalue weighted by molar-refractivity contribution is -0.124. The monoisotopic (exact) mass is 473 g/mol. The summed E-state index contributed by atoms with van der Waals surface area (Å²) >= 11 is 0. The van der Waals surface area contributed by atoms with Gasteiger partial charge in [-0.05, 0) is 37.5 Å². The number of anilines is 1. The van der Waals surface area contributed by atoms with Crippen LogP contribution in [0.5, 0.6) is 0 Å². The fourth-order valence-electron chi connectivity index (χ4n) is 3.67.